The van der Waals surface area contributed by atoms with Gasteiger partial charge >= 0.3 is 0 Å². The molecule has 0 radical (unpaired) electrons. The summed E-state index contributed by atoms with van der Waals surface area (Å²) in [5, 5.41) is 3.41. The molecule has 0 amide bonds. The molecule has 4 nitrogen and oxygen atoms in total. The van der Waals surface area contributed by atoms with Gasteiger partial charge in [-0.05, 0) is 37.8 Å². The maximum absolute atomic E-state index is 5.50. The molecule has 2 fully saturated rings. The SMILES string of the molecule is Cc1cnc(N(C)CC2C3CNCC32)o1. The molecule has 0 spiro atoms. The smallest absolute Gasteiger partial charge is 0.297 e. The van der Waals surface area contributed by atoms with Crippen LogP contribution in [0, 0.1) is 24.7 Å². The van der Waals surface area contributed by atoms with E-state index in [1.165, 1.54) is 13.1 Å². The fourth-order valence-corrected chi connectivity index (χ4v) is 2.73. The van der Waals surface area contributed by atoms with Gasteiger partial charge in [-0.25, -0.2) is 4.98 Å². The predicted octanol–water partition coefficient (Wildman–Crippen LogP) is 0.885. The number of oxazole rings is 1. The van der Waals surface area contributed by atoms with Gasteiger partial charge < -0.3 is 14.6 Å². The van der Waals surface area contributed by atoms with Crippen LogP contribution in [0.3, 0.4) is 0 Å². The minimum absolute atomic E-state index is 0.755. The Labute approximate surface area is 89.7 Å². The van der Waals surface area contributed by atoms with Crippen LogP contribution >= 0.6 is 0 Å². The molecule has 3 rings (SSSR count). The van der Waals surface area contributed by atoms with E-state index in [2.05, 4.69) is 22.2 Å². The zero-order valence-electron chi connectivity index (χ0n) is 9.23. The van der Waals surface area contributed by atoms with E-state index in [0.717, 1.165) is 36.1 Å². The van der Waals surface area contributed by atoms with E-state index in [1.807, 2.05) is 6.92 Å². The normalized spacial score (nSPS) is 32.8. The van der Waals surface area contributed by atoms with E-state index in [9.17, 15) is 0 Å². The summed E-state index contributed by atoms with van der Waals surface area (Å²) >= 11 is 0. The molecule has 1 aliphatic carbocycles. The van der Waals surface area contributed by atoms with Crippen molar-refractivity contribution in [3.05, 3.63) is 12.0 Å². The number of nitrogens with one attached hydrogen (secondary N) is 1. The molecule has 1 aliphatic heterocycles. The van der Waals surface area contributed by atoms with E-state index in [-0.39, 0.29) is 0 Å². The zero-order valence-corrected chi connectivity index (χ0v) is 9.23. The summed E-state index contributed by atoms with van der Waals surface area (Å²) in [6.45, 7) is 5.42. The van der Waals surface area contributed by atoms with E-state index in [1.54, 1.807) is 6.20 Å². The first-order valence-corrected chi connectivity index (χ1v) is 5.60. The molecule has 2 unspecified atom stereocenters. The number of fused-ring (bicyclic) bond motifs is 1. The van der Waals surface area contributed by atoms with Gasteiger partial charge in [-0.1, -0.05) is 0 Å². The zero-order chi connectivity index (χ0) is 10.4. The lowest BCUT2D eigenvalue weighted by Crippen LogP contribution is -2.25. The summed E-state index contributed by atoms with van der Waals surface area (Å²) in [6.07, 6.45) is 1.78. The van der Waals surface area contributed by atoms with Crippen molar-refractivity contribution in [2.75, 3.05) is 31.6 Å². The average Bonchev–Trinajstić information content (AvgIpc) is 2.66. The minimum Gasteiger partial charge on any atom is -0.429 e. The van der Waals surface area contributed by atoms with Crippen LogP contribution < -0.4 is 10.2 Å². The number of aryl methyl sites for hydroxylation is 1. The molecule has 82 valence electrons. The van der Waals surface area contributed by atoms with Crippen molar-refractivity contribution in [2.24, 2.45) is 17.8 Å². The molecule has 1 aromatic heterocycles. The second kappa shape index (κ2) is 3.23. The molecule has 1 aromatic rings. The van der Waals surface area contributed by atoms with Gasteiger partial charge in [0.15, 0.2) is 0 Å². The van der Waals surface area contributed by atoms with Gasteiger partial charge in [-0.2, -0.15) is 0 Å². The number of nitrogens with zero attached hydrogens (tertiary/aromatic N) is 2. The molecule has 0 aromatic carbocycles. The molecule has 1 saturated heterocycles. The van der Waals surface area contributed by atoms with Gasteiger partial charge in [0.2, 0.25) is 0 Å². The quantitative estimate of drug-likeness (QED) is 0.799. The molecule has 1 N–H and O–H groups in total. The van der Waals surface area contributed by atoms with E-state index in [4.69, 9.17) is 4.42 Å². The Balaban J connectivity index is 1.60. The summed E-state index contributed by atoms with van der Waals surface area (Å²) in [5.74, 6) is 3.55. The van der Waals surface area contributed by atoms with Crippen molar-refractivity contribution in [1.29, 1.82) is 0 Å². The van der Waals surface area contributed by atoms with Crippen LogP contribution in [-0.2, 0) is 0 Å². The second-order valence-corrected chi connectivity index (χ2v) is 4.78. The van der Waals surface area contributed by atoms with Crippen LogP contribution in [0.2, 0.25) is 0 Å². The van der Waals surface area contributed by atoms with Gasteiger partial charge in [-0.15, -0.1) is 0 Å². The monoisotopic (exact) mass is 207 g/mol. The van der Waals surface area contributed by atoms with Gasteiger partial charge in [-0.3, -0.25) is 0 Å². The minimum atomic E-state index is 0.755. The standard InChI is InChI=1S/C11H17N3O/c1-7-3-13-11(15-7)14(2)6-10-8-4-12-5-9(8)10/h3,8-10,12H,4-6H2,1-2H3. The third-order valence-corrected chi connectivity index (χ3v) is 3.69. The summed E-state index contributed by atoms with van der Waals surface area (Å²) in [4.78, 5) is 6.37. The Morgan fingerprint density at radius 3 is 2.87 bits per heavy atom. The van der Waals surface area contributed by atoms with Crippen LogP contribution in [0.4, 0.5) is 6.01 Å². The molecule has 2 aliphatic rings. The Morgan fingerprint density at radius 2 is 2.27 bits per heavy atom. The van der Waals surface area contributed by atoms with Crippen molar-refractivity contribution in [1.82, 2.24) is 10.3 Å². The fraction of sp³-hybridized carbons (Fsp3) is 0.727. The van der Waals surface area contributed by atoms with E-state index < -0.39 is 0 Å². The number of piperidine rings is 1. The van der Waals surface area contributed by atoms with E-state index >= 15 is 0 Å². The summed E-state index contributed by atoms with van der Waals surface area (Å²) < 4.78 is 5.50. The molecule has 15 heavy (non-hydrogen) atoms. The van der Waals surface area contributed by atoms with Crippen molar-refractivity contribution >= 4 is 6.01 Å². The van der Waals surface area contributed by atoms with E-state index in [0.29, 0.717) is 0 Å². The fourth-order valence-electron chi connectivity index (χ4n) is 2.73. The number of hydrogen-bond acceptors (Lipinski definition) is 4. The molecular formula is C11H17N3O. The predicted molar refractivity (Wildman–Crippen MR) is 57.8 cm³/mol. The summed E-state index contributed by atoms with van der Waals surface area (Å²) in [7, 11) is 2.06. The highest BCUT2D eigenvalue weighted by atomic mass is 16.4. The molecule has 2 heterocycles. The molecular weight excluding hydrogens is 190 g/mol. The first-order chi connectivity index (χ1) is 7.25. The van der Waals surface area contributed by atoms with Crippen LogP contribution in [0.15, 0.2) is 10.6 Å². The topological polar surface area (TPSA) is 41.3 Å². The molecule has 4 heteroatoms. The third kappa shape index (κ3) is 1.53. The Bertz CT molecular complexity index is 352. The van der Waals surface area contributed by atoms with Crippen LogP contribution in [0.5, 0.6) is 0 Å². The number of hydrogen-bond donors (Lipinski definition) is 1. The first kappa shape index (κ1) is 9.21. The largest absolute Gasteiger partial charge is 0.429 e. The highest BCUT2D eigenvalue weighted by Crippen LogP contribution is 2.48. The molecule has 0 bridgehead atoms. The second-order valence-electron chi connectivity index (χ2n) is 4.78. The van der Waals surface area contributed by atoms with Gasteiger partial charge in [0.25, 0.3) is 6.01 Å². The summed E-state index contributed by atoms with van der Waals surface area (Å²) in [5.41, 5.74) is 0. The lowest BCUT2D eigenvalue weighted by molar-refractivity contribution is 0.503. The van der Waals surface area contributed by atoms with Crippen molar-refractivity contribution in [3.63, 3.8) is 0 Å². The van der Waals surface area contributed by atoms with Crippen molar-refractivity contribution in [2.45, 2.75) is 6.92 Å². The Morgan fingerprint density at radius 1 is 1.53 bits per heavy atom. The number of anilines is 1. The van der Waals surface area contributed by atoms with Gasteiger partial charge in [0.1, 0.15) is 5.76 Å². The van der Waals surface area contributed by atoms with Gasteiger partial charge in [0.05, 0.1) is 6.20 Å². The number of rotatable bonds is 3. The summed E-state index contributed by atoms with van der Waals surface area (Å²) in [6, 6.07) is 0.755. The lowest BCUT2D eigenvalue weighted by Gasteiger charge is -2.15. The number of aromatic nitrogens is 1. The molecule has 1 saturated carbocycles. The maximum Gasteiger partial charge on any atom is 0.297 e. The maximum atomic E-state index is 5.50. The Hall–Kier alpha value is -1.03. The highest BCUT2D eigenvalue weighted by molar-refractivity contribution is 5.26. The third-order valence-electron chi connectivity index (χ3n) is 3.69. The Kier molecular flexibility index (Phi) is 1.99. The van der Waals surface area contributed by atoms with Crippen molar-refractivity contribution < 1.29 is 4.42 Å². The highest BCUT2D eigenvalue weighted by Gasteiger charge is 2.52. The van der Waals surface area contributed by atoms with Crippen molar-refractivity contribution in [3.8, 4) is 0 Å². The molecule has 2 atom stereocenters. The van der Waals surface area contributed by atoms with Gasteiger partial charge in [0, 0.05) is 13.6 Å². The van der Waals surface area contributed by atoms with Crippen LogP contribution in [-0.4, -0.2) is 31.7 Å². The first-order valence-electron chi connectivity index (χ1n) is 5.60. The average molecular weight is 207 g/mol. The lowest BCUT2D eigenvalue weighted by atomic mass is 10.3. The van der Waals surface area contributed by atoms with Crippen LogP contribution in [0.1, 0.15) is 5.76 Å². The van der Waals surface area contributed by atoms with Crippen LogP contribution in [0.25, 0.3) is 0 Å².